The molecule has 1 aliphatic heterocycles. The van der Waals surface area contributed by atoms with Crippen molar-refractivity contribution in [3.8, 4) is 11.5 Å². The van der Waals surface area contributed by atoms with Crippen LogP contribution in [0.15, 0.2) is 12.1 Å². The summed E-state index contributed by atoms with van der Waals surface area (Å²) >= 11 is 0. The van der Waals surface area contributed by atoms with Crippen molar-refractivity contribution in [2.24, 2.45) is 5.92 Å². The van der Waals surface area contributed by atoms with Gasteiger partial charge in [0.1, 0.15) is 13.2 Å². The molecular weight excluding hydrogens is 264 g/mol. The third-order valence-corrected chi connectivity index (χ3v) is 4.76. The first-order valence-electron chi connectivity index (χ1n) is 8.01. The lowest BCUT2D eigenvalue weighted by Gasteiger charge is -2.34. The molecule has 1 aromatic carbocycles. The predicted molar refractivity (Wildman–Crippen MR) is 84.7 cm³/mol. The van der Waals surface area contributed by atoms with Crippen LogP contribution in [0.25, 0.3) is 0 Å². The van der Waals surface area contributed by atoms with Gasteiger partial charge in [-0.15, -0.1) is 0 Å². The first-order valence-corrected chi connectivity index (χ1v) is 8.01. The molecule has 2 aliphatic rings. The maximum atomic E-state index is 6.19. The van der Waals surface area contributed by atoms with Crippen LogP contribution >= 0.6 is 0 Å². The summed E-state index contributed by atoms with van der Waals surface area (Å²) < 4.78 is 11.2. The van der Waals surface area contributed by atoms with E-state index in [1.165, 1.54) is 25.7 Å². The highest BCUT2D eigenvalue weighted by atomic mass is 16.6. The molecule has 1 fully saturated rings. The van der Waals surface area contributed by atoms with Crippen LogP contribution < -0.4 is 15.2 Å². The van der Waals surface area contributed by atoms with Gasteiger partial charge < -0.3 is 15.2 Å². The summed E-state index contributed by atoms with van der Waals surface area (Å²) in [4.78, 5) is 2.44. The second-order valence-corrected chi connectivity index (χ2v) is 6.54. The average Bonchev–Trinajstić information content (AvgIpc) is 2.48. The lowest BCUT2D eigenvalue weighted by molar-refractivity contribution is 0.156. The molecule has 1 aromatic rings. The molecule has 2 N–H and O–H groups in total. The first kappa shape index (κ1) is 14.5. The molecule has 3 rings (SSSR count). The van der Waals surface area contributed by atoms with Crippen molar-refractivity contribution in [1.82, 2.24) is 4.90 Å². The van der Waals surface area contributed by atoms with E-state index in [1.807, 2.05) is 12.1 Å². The van der Waals surface area contributed by atoms with Gasteiger partial charge in [-0.25, -0.2) is 0 Å². The Hall–Kier alpha value is -1.42. The van der Waals surface area contributed by atoms with E-state index < -0.39 is 0 Å². The third kappa shape index (κ3) is 3.26. The fraction of sp³-hybridized carbons (Fsp3) is 0.647. The van der Waals surface area contributed by atoms with Gasteiger partial charge in [0, 0.05) is 24.3 Å². The molecule has 0 radical (unpaired) electrons. The molecule has 4 nitrogen and oxygen atoms in total. The smallest absolute Gasteiger partial charge is 0.163 e. The van der Waals surface area contributed by atoms with E-state index >= 15 is 0 Å². The summed E-state index contributed by atoms with van der Waals surface area (Å²) in [6.07, 6.45) is 5.30. The molecule has 0 saturated heterocycles. The van der Waals surface area contributed by atoms with E-state index in [-0.39, 0.29) is 0 Å². The van der Waals surface area contributed by atoms with Gasteiger partial charge in [-0.2, -0.15) is 0 Å². The van der Waals surface area contributed by atoms with Gasteiger partial charge in [-0.3, -0.25) is 4.90 Å². The standard InChI is InChI=1S/C17H26N2O2/c1-12-4-3-5-14(8-12)19(2)11-13-9-16-17(10-15(13)18)21-7-6-20-16/h9-10,12,14H,3-8,11,18H2,1-2H3. The number of benzene rings is 1. The van der Waals surface area contributed by atoms with E-state index in [2.05, 4.69) is 18.9 Å². The number of nitrogens with two attached hydrogens (primary N) is 1. The minimum absolute atomic E-state index is 0.603. The second-order valence-electron chi connectivity index (χ2n) is 6.54. The summed E-state index contributed by atoms with van der Waals surface area (Å²) in [7, 11) is 2.21. The molecule has 4 heteroatoms. The highest BCUT2D eigenvalue weighted by Crippen LogP contribution is 2.35. The van der Waals surface area contributed by atoms with Gasteiger partial charge in [0.15, 0.2) is 11.5 Å². The van der Waals surface area contributed by atoms with Crippen molar-refractivity contribution in [1.29, 1.82) is 0 Å². The Bertz CT molecular complexity index is 504. The molecule has 0 amide bonds. The van der Waals surface area contributed by atoms with Gasteiger partial charge in [0.05, 0.1) is 0 Å². The quantitative estimate of drug-likeness (QED) is 0.869. The van der Waals surface area contributed by atoms with Crippen LogP contribution in [-0.2, 0) is 6.54 Å². The maximum absolute atomic E-state index is 6.19. The van der Waals surface area contributed by atoms with Crippen molar-refractivity contribution in [2.45, 2.75) is 45.2 Å². The summed E-state index contributed by atoms with van der Waals surface area (Å²) in [6.45, 7) is 4.45. The topological polar surface area (TPSA) is 47.7 Å². The van der Waals surface area contributed by atoms with Crippen LogP contribution in [0.5, 0.6) is 11.5 Å². The Kier molecular flexibility index (Phi) is 4.24. The van der Waals surface area contributed by atoms with Crippen LogP contribution in [0.1, 0.15) is 38.2 Å². The number of fused-ring (bicyclic) bond motifs is 1. The largest absolute Gasteiger partial charge is 0.486 e. The summed E-state index contributed by atoms with van der Waals surface area (Å²) in [5.74, 6) is 2.44. The molecule has 21 heavy (non-hydrogen) atoms. The maximum Gasteiger partial charge on any atom is 0.163 e. The van der Waals surface area contributed by atoms with Crippen LogP contribution in [-0.4, -0.2) is 31.2 Å². The van der Waals surface area contributed by atoms with Crippen molar-refractivity contribution in [2.75, 3.05) is 26.0 Å². The van der Waals surface area contributed by atoms with Gasteiger partial charge in [0.2, 0.25) is 0 Å². The Morgan fingerprint density at radius 2 is 1.90 bits per heavy atom. The van der Waals surface area contributed by atoms with Gasteiger partial charge in [-0.05, 0) is 37.4 Å². The molecule has 2 unspecified atom stereocenters. The number of ether oxygens (including phenoxy) is 2. The third-order valence-electron chi connectivity index (χ3n) is 4.76. The SMILES string of the molecule is CC1CCCC(N(C)Cc2cc3c(cc2N)OCCO3)C1. The van der Waals surface area contributed by atoms with Gasteiger partial charge >= 0.3 is 0 Å². The van der Waals surface area contributed by atoms with E-state index in [9.17, 15) is 0 Å². The Labute approximate surface area is 127 Å². The fourth-order valence-corrected chi connectivity index (χ4v) is 3.48. The van der Waals surface area contributed by atoms with E-state index in [0.29, 0.717) is 19.3 Å². The van der Waals surface area contributed by atoms with E-state index in [4.69, 9.17) is 15.2 Å². The first-order chi connectivity index (χ1) is 10.1. The van der Waals surface area contributed by atoms with Crippen molar-refractivity contribution in [3.05, 3.63) is 17.7 Å². The molecular formula is C17H26N2O2. The highest BCUT2D eigenvalue weighted by molar-refractivity contribution is 5.58. The molecule has 2 atom stereocenters. The van der Waals surface area contributed by atoms with E-state index in [0.717, 1.165) is 35.2 Å². The number of nitrogen functional groups attached to an aromatic ring is 1. The molecule has 1 aliphatic carbocycles. The Morgan fingerprint density at radius 1 is 1.19 bits per heavy atom. The number of hydrogen-bond donors (Lipinski definition) is 1. The summed E-state index contributed by atoms with van der Waals surface area (Å²) in [6, 6.07) is 4.62. The van der Waals surface area contributed by atoms with Gasteiger partial charge in [-0.1, -0.05) is 19.8 Å². The second kappa shape index (κ2) is 6.14. The Morgan fingerprint density at radius 3 is 2.62 bits per heavy atom. The zero-order valence-electron chi connectivity index (χ0n) is 13.1. The van der Waals surface area contributed by atoms with Crippen molar-refractivity contribution < 1.29 is 9.47 Å². The summed E-state index contributed by atoms with van der Waals surface area (Å²) in [5, 5.41) is 0. The number of anilines is 1. The highest BCUT2D eigenvalue weighted by Gasteiger charge is 2.23. The number of rotatable bonds is 3. The number of hydrogen-bond acceptors (Lipinski definition) is 4. The lowest BCUT2D eigenvalue weighted by Crippen LogP contribution is -2.35. The molecule has 1 heterocycles. The molecule has 0 bridgehead atoms. The summed E-state index contributed by atoms with van der Waals surface area (Å²) in [5.41, 5.74) is 8.13. The van der Waals surface area contributed by atoms with Crippen molar-refractivity contribution in [3.63, 3.8) is 0 Å². The zero-order valence-corrected chi connectivity index (χ0v) is 13.1. The number of nitrogens with zero attached hydrogens (tertiary/aromatic N) is 1. The normalized spacial score (nSPS) is 25.1. The predicted octanol–water partition coefficient (Wildman–Crippen LogP) is 3.05. The zero-order chi connectivity index (χ0) is 14.8. The molecule has 1 saturated carbocycles. The minimum atomic E-state index is 0.603. The van der Waals surface area contributed by atoms with Crippen LogP contribution in [0.4, 0.5) is 5.69 Å². The van der Waals surface area contributed by atoms with Crippen LogP contribution in [0, 0.1) is 5.92 Å². The lowest BCUT2D eigenvalue weighted by atomic mass is 9.86. The van der Waals surface area contributed by atoms with Crippen molar-refractivity contribution >= 4 is 5.69 Å². The Balaban J connectivity index is 1.72. The molecule has 0 spiro atoms. The van der Waals surface area contributed by atoms with Gasteiger partial charge in [0.25, 0.3) is 0 Å². The molecule has 0 aromatic heterocycles. The van der Waals surface area contributed by atoms with E-state index in [1.54, 1.807) is 0 Å². The van der Waals surface area contributed by atoms with Crippen LogP contribution in [0.3, 0.4) is 0 Å². The average molecular weight is 290 g/mol. The fourth-order valence-electron chi connectivity index (χ4n) is 3.48. The van der Waals surface area contributed by atoms with Crippen LogP contribution in [0.2, 0.25) is 0 Å². The molecule has 116 valence electrons. The minimum Gasteiger partial charge on any atom is -0.486 e. The monoisotopic (exact) mass is 290 g/mol.